The molecule has 6 aromatic carbocycles. The van der Waals surface area contributed by atoms with Gasteiger partial charge in [-0.05, 0) is 148 Å². The number of carboxylic acids is 6. The molecule has 738 valence electrons. The van der Waals surface area contributed by atoms with Crippen molar-refractivity contribution in [3.8, 4) is 0 Å². The molecule has 0 unspecified atom stereocenters. The molecule has 0 aliphatic heterocycles. The van der Waals surface area contributed by atoms with Crippen molar-refractivity contribution >= 4 is 187 Å². The molecule has 0 fully saturated rings. The van der Waals surface area contributed by atoms with Crippen LogP contribution in [-0.2, 0) is 28.8 Å². The average molecular weight is 2040 g/mol. The molecule has 0 bridgehead atoms. The number of benzene rings is 6. The fraction of sp³-hybridized carbons (Fsp3) is 0.214. The van der Waals surface area contributed by atoms with E-state index in [1.54, 1.807) is 86.6 Å². The summed E-state index contributed by atoms with van der Waals surface area (Å²) in [6.45, 7) is 10.7. The average Bonchev–Trinajstić information content (AvgIpc) is 1.70. The molecule has 12 rings (SSSR count). The highest BCUT2D eigenvalue weighted by Crippen LogP contribution is 2.28. The van der Waals surface area contributed by atoms with E-state index in [1.807, 2.05) is 27.7 Å². The van der Waals surface area contributed by atoms with Crippen LogP contribution in [0.1, 0.15) is 202 Å². The van der Waals surface area contributed by atoms with E-state index in [-0.39, 0.29) is 88.4 Å². The Morgan fingerprint density at radius 2 is 0.433 bits per heavy atom. The minimum Gasteiger partial charge on any atom is -0.481 e. The van der Waals surface area contributed by atoms with Crippen LogP contribution in [-0.4, -0.2) is 227 Å². The third-order valence-electron chi connectivity index (χ3n) is 17.4. The number of anilines is 6. The number of carbonyl (C=O) groups excluding carboxylic acids is 12. The van der Waals surface area contributed by atoms with E-state index >= 15 is 0 Å². The standard InChI is InChI=1S/2C14H12ClFN4O4.2C14H13ClN4O4.C14H12F2N4O4.C14H13FN4O4/c2*1-7-2-3-9(8(15)6-7)17-14(24)12-13(16)19-20(18-12)10(21)4-5-11(22)23;2*1-8-2-3-10(9(15)6-8)17-14(23)11-7-16-19(18-11)12(20)4-5-13(21)22;1-7-2-3-9(8(15)6-7)17-14(24)12-13(16)19-20(18-12)10(21)4-5-11(22)23;1-8-2-3-10(9(15)6-8)17-14(23)11-7-16-19(18-11)12(20)4-5-13(21)22/h2*2-3,6H,4-5H2,1H3,(H,17,24)(H,22,23);2*2-3,6-7H,4-5H2,1H3,(H,17,23)(H,21,22);2-3,6H,4-5H2,1H3,(H,17,24)(H,22,23);2-3,6-7H,4-5H2,1H3,(H,17,23)(H,21,22). The molecule has 12 aromatic rings. The van der Waals surface area contributed by atoms with Crippen LogP contribution in [0.2, 0.25) is 20.1 Å². The monoisotopic (exact) mass is 2040 g/mol. The van der Waals surface area contributed by atoms with Gasteiger partial charge >= 0.3 is 35.8 Å². The SMILES string of the molecule is Cc1ccc(NC(=O)c2cnn(C(=O)CCC(=O)O)n2)c(Cl)c1.Cc1ccc(NC(=O)c2cnn(C(=O)CCC(=O)O)n2)c(Cl)c1.Cc1ccc(NC(=O)c2cnn(C(=O)CCC(=O)O)n2)c(F)c1.Cc1ccc(NC(=O)c2nn(C(=O)CCC(=O)O)nc2F)c(Cl)c1.Cc1ccc(NC(=O)c2nn(C(=O)CCC(=O)O)nc2F)c(Cl)c1.Cc1ccc(NC(=O)c2nn(C(=O)CCC(=O)O)nc2F)c(F)c1. The highest BCUT2D eigenvalue weighted by molar-refractivity contribution is 6.35. The number of hydrogen-bond donors (Lipinski definition) is 12. The predicted octanol–water partition coefficient (Wildman–Crippen LogP) is 11.4. The summed E-state index contributed by atoms with van der Waals surface area (Å²) < 4.78 is 68.5. The van der Waals surface area contributed by atoms with E-state index in [4.69, 9.17) is 77.0 Å². The summed E-state index contributed by atoms with van der Waals surface area (Å²) in [6, 6.07) is 28.3. The molecule has 0 saturated carbocycles. The number of amides is 6. The first-order valence-corrected chi connectivity index (χ1v) is 41.5. The van der Waals surface area contributed by atoms with Crippen LogP contribution in [0.4, 0.5) is 56.1 Å². The molecule has 57 heteroatoms. The molecule has 141 heavy (non-hydrogen) atoms. The van der Waals surface area contributed by atoms with Crippen molar-refractivity contribution in [2.45, 2.75) is 119 Å². The number of carbonyl (C=O) groups is 18. The predicted molar refractivity (Wildman–Crippen MR) is 480 cm³/mol. The first-order valence-electron chi connectivity index (χ1n) is 40.0. The van der Waals surface area contributed by atoms with Crippen LogP contribution in [0.3, 0.4) is 0 Å². The molecule has 0 spiro atoms. The number of aryl methyl sites for hydroxylation is 6. The fourth-order valence-corrected chi connectivity index (χ4v) is 11.5. The summed E-state index contributed by atoms with van der Waals surface area (Å²) in [7, 11) is 0. The van der Waals surface area contributed by atoms with Gasteiger partial charge in [-0.15, -0.1) is 74.7 Å². The van der Waals surface area contributed by atoms with Crippen molar-refractivity contribution in [2.24, 2.45) is 0 Å². The molecular weight excluding hydrogens is 1970 g/mol. The maximum Gasteiger partial charge on any atom is 0.303 e. The number of nitrogens with zero attached hydrogens (tertiary/aromatic N) is 18. The fourth-order valence-electron chi connectivity index (χ4n) is 10.4. The maximum atomic E-state index is 13.7. The maximum absolute atomic E-state index is 13.7. The molecule has 6 aromatic heterocycles. The summed E-state index contributed by atoms with van der Waals surface area (Å²) in [6.07, 6.45) is -1.26. The Balaban J connectivity index is 0.000000230. The summed E-state index contributed by atoms with van der Waals surface area (Å²) in [5.74, 6) is -21.4. The first kappa shape index (κ1) is 111. The Labute approximate surface area is 807 Å². The van der Waals surface area contributed by atoms with E-state index < -0.39 is 192 Å². The van der Waals surface area contributed by atoms with Crippen molar-refractivity contribution in [3.63, 3.8) is 0 Å². The molecule has 6 amide bonds. The number of carboxylic acid groups (broad SMARTS) is 6. The van der Waals surface area contributed by atoms with Crippen LogP contribution in [0.15, 0.2) is 128 Å². The second kappa shape index (κ2) is 52.1. The lowest BCUT2D eigenvalue weighted by molar-refractivity contribution is -0.137. The quantitative estimate of drug-likeness (QED) is 0.0186. The summed E-state index contributed by atoms with van der Waals surface area (Å²) >= 11 is 24.0. The van der Waals surface area contributed by atoms with E-state index in [2.05, 4.69) is 93.1 Å². The van der Waals surface area contributed by atoms with Gasteiger partial charge in [-0.1, -0.05) is 82.8 Å². The van der Waals surface area contributed by atoms with Gasteiger partial charge in [-0.3, -0.25) is 86.3 Å². The van der Waals surface area contributed by atoms with Crippen molar-refractivity contribution in [2.75, 3.05) is 31.9 Å². The second-order valence-electron chi connectivity index (χ2n) is 28.8. The van der Waals surface area contributed by atoms with E-state index in [0.29, 0.717) is 61.3 Å². The lowest BCUT2D eigenvalue weighted by Gasteiger charge is -2.06. The van der Waals surface area contributed by atoms with Gasteiger partial charge in [-0.2, -0.15) is 28.5 Å². The van der Waals surface area contributed by atoms with Crippen LogP contribution in [0.5, 0.6) is 0 Å². The van der Waals surface area contributed by atoms with Gasteiger partial charge in [0.15, 0.2) is 17.1 Å². The van der Waals surface area contributed by atoms with Crippen LogP contribution in [0.25, 0.3) is 0 Å². The molecule has 0 atom stereocenters. The molecule has 0 saturated heterocycles. The third-order valence-corrected chi connectivity index (χ3v) is 18.7. The number of hydrogen-bond acceptors (Lipinski definition) is 30. The zero-order valence-electron chi connectivity index (χ0n) is 73.6. The Hall–Kier alpha value is -17.4. The summed E-state index contributed by atoms with van der Waals surface area (Å²) in [5, 5.41) is 109. The number of rotatable bonds is 30. The molecule has 48 nitrogen and oxygen atoms in total. The van der Waals surface area contributed by atoms with Gasteiger partial charge in [0.05, 0.1) is 111 Å². The normalized spacial score (nSPS) is 10.4. The van der Waals surface area contributed by atoms with Gasteiger partial charge in [-0.25, -0.2) is 8.78 Å². The van der Waals surface area contributed by atoms with Crippen molar-refractivity contribution in [1.82, 2.24) is 90.0 Å². The lowest BCUT2D eigenvalue weighted by atomic mass is 10.2. The molecular formula is C84H75Cl4F5N24O24. The highest BCUT2D eigenvalue weighted by Gasteiger charge is 2.29. The first-order chi connectivity index (χ1) is 66.4. The molecule has 0 aliphatic rings. The summed E-state index contributed by atoms with van der Waals surface area (Å²) in [5.41, 5.74) is 3.55. The van der Waals surface area contributed by atoms with Crippen molar-refractivity contribution in [1.29, 1.82) is 0 Å². The van der Waals surface area contributed by atoms with Crippen LogP contribution < -0.4 is 31.9 Å². The molecule has 0 aliphatic carbocycles. The number of aliphatic carboxylic acids is 6. The Morgan fingerprint density at radius 1 is 0.248 bits per heavy atom. The Kier molecular flexibility index (Phi) is 40.9. The smallest absolute Gasteiger partial charge is 0.303 e. The number of aromatic nitrogens is 18. The van der Waals surface area contributed by atoms with Crippen molar-refractivity contribution in [3.05, 3.63) is 245 Å². The minimum absolute atomic E-state index is 0.0210. The van der Waals surface area contributed by atoms with E-state index in [9.17, 15) is 108 Å². The zero-order valence-corrected chi connectivity index (χ0v) is 76.6. The molecule has 6 heterocycles. The minimum atomic E-state index is -1.33. The van der Waals surface area contributed by atoms with Gasteiger partial charge < -0.3 is 62.5 Å². The van der Waals surface area contributed by atoms with Crippen molar-refractivity contribution < 1.29 is 139 Å². The lowest BCUT2D eigenvalue weighted by Crippen LogP contribution is -2.18. The topological polar surface area (TPSA) is 685 Å². The molecule has 12 N–H and O–H groups in total. The van der Waals surface area contributed by atoms with Gasteiger partial charge in [0, 0.05) is 38.5 Å². The van der Waals surface area contributed by atoms with Gasteiger partial charge in [0.25, 0.3) is 88.7 Å². The van der Waals surface area contributed by atoms with Gasteiger partial charge in [0.2, 0.25) is 17.1 Å². The van der Waals surface area contributed by atoms with Crippen LogP contribution in [0, 0.1) is 71.0 Å². The van der Waals surface area contributed by atoms with E-state index in [1.165, 1.54) is 36.4 Å². The Morgan fingerprint density at radius 3 is 0.638 bits per heavy atom. The number of nitrogens with one attached hydrogen (secondary N) is 6. The number of halogens is 9. The van der Waals surface area contributed by atoms with Crippen LogP contribution >= 0.6 is 46.4 Å². The second-order valence-corrected chi connectivity index (χ2v) is 30.4. The van der Waals surface area contributed by atoms with Gasteiger partial charge in [0.1, 0.15) is 11.6 Å². The highest BCUT2D eigenvalue weighted by atomic mass is 35.5. The van der Waals surface area contributed by atoms with E-state index in [0.717, 1.165) is 40.8 Å². The molecule has 0 radical (unpaired) electrons. The third kappa shape index (κ3) is 35.1. The Bertz CT molecular complexity index is 6210. The zero-order chi connectivity index (χ0) is 105. The largest absolute Gasteiger partial charge is 0.481 e. The summed E-state index contributed by atoms with van der Waals surface area (Å²) in [4.78, 5) is 208.